The predicted molar refractivity (Wildman–Crippen MR) is 89.5 cm³/mol. The van der Waals surface area contributed by atoms with E-state index in [2.05, 4.69) is 12.2 Å². The summed E-state index contributed by atoms with van der Waals surface area (Å²) in [5, 5.41) is 3.74. The lowest BCUT2D eigenvalue weighted by atomic mass is 10.1. The molecule has 120 valence electrons. The maximum atomic E-state index is 12.2. The fourth-order valence-corrected chi connectivity index (χ4v) is 3.18. The van der Waals surface area contributed by atoms with Gasteiger partial charge in [-0.1, -0.05) is 49.0 Å². The standard InChI is InChI=1S/C16H20Cl2N2O2/c1-2-3-4-8-19-16(22)11-9-14(21)20(10-11)15-12(17)6-5-7-13(15)18/h5-7,11H,2-4,8-10H2,1H3,(H,19,22). The number of carbonyl (C=O) groups is 2. The van der Waals surface area contributed by atoms with Crippen LogP contribution in [0, 0.1) is 5.92 Å². The SMILES string of the molecule is CCCCCNC(=O)C1CC(=O)N(c2c(Cl)cccc2Cl)C1. The van der Waals surface area contributed by atoms with Gasteiger partial charge in [-0.15, -0.1) is 0 Å². The second-order valence-corrected chi connectivity index (χ2v) is 6.29. The zero-order chi connectivity index (χ0) is 16.1. The highest BCUT2D eigenvalue weighted by Crippen LogP contribution is 2.37. The van der Waals surface area contributed by atoms with Gasteiger partial charge in [0, 0.05) is 19.5 Å². The van der Waals surface area contributed by atoms with Crippen LogP contribution in [0.2, 0.25) is 10.0 Å². The van der Waals surface area contributed by atoms with Crippen LogP contribution in [0.15, 0.2) is 18.2 Å². The Morgan fingerprint density at radius 2 is 2.00 bits per heavy atom. The summed E-state index contributed by atoms with van der Waals surface area (Å²) in [5.74, 6) is -0.541. The van der Waals surface area contributed by atoms with E-state index < -0.39 is 0 Å². The zero-order valence-corrected chi connectivity index (χ0v) is 14.1. The zero-order valence-electron chi connectivity index (χ0n) is 12.6. The van der Waals surface area contributed by atoms with E-state index >= 15 is 0 Å². The number of hydrogen-bond acceptors (Lipinski definition) is 2. The lowest BCUT2D eigenvalue weighted by Crippen LogP contribution is -2.33. The number of unbranched alkanes of at least 4 members (excludes halogenated alkanes) is 2. The van der Waals surface area contributed by atoms with Crippen molar-refractivity contribution in [2.24, 2.45) is 5.92 Å². The molecule has 1 heterocycles. The summed E-state index contributed by atoms with van der Waals surface area (Å²) in [6.07, 6.45) is 3.35. The van der Waals surface area contributed by atoms with Crippen molar-refractivity contribution >= 4 is 40.7 Å². The number of nitrogens with one attached hydrogen (secondary N) is 1. The Morgan fingerprint density at radius 1 is 1.32 bits per heavy atom. The molecule has 0 spiro atoms. The Labute approximate surface area is 140 Å². The molecule has 1 saturated heterocycles. The van der Waals surface area contributed by atoms with E-state index in [0.717, 1.165) is 19.3 Å². The minimum atomic E-state index is -0.346. The number of benzene rings is 1. The summed E-state index contributed by atoms with van der Waals surface area (Å²) < 4.78 is 0. The fraction of sp³-hybridized carbons (Fsp3) is 0.500. The van der Waals surface area contributed by atoms with Crippen LogP contribution in [0.5, 0.6) is 0 Å². The molecule has 2 rings (SSSR count). The number of hydrogen-bond donors (Lipinski definition) is 1. The third-order valence-electron chi connectivity index (χ3n) is 3.78. The van der Waals surface area contributed by atoms with Gasteiger partial charge in [0.25, 0.3) is 0 Å². The van der Waals surface area contributed by atoms with Crippen LogP contribution in [0.3, 0.4) is 0 Å². The molecular weight excluding hydrogens is 323 g/mol. The van der Waals surface area contributed by atoms with Crippen molar-refractivity contribution in [2.45, 2.75) is 32.6 Å². The number of amides is 2. The number of para-hydroxylation sites is 1. The first-order chi connectivity index (χ1) is 10.5. The smallest absolute Gasteiger partial charge is 0.227 e. The van der Waals surface area contributed by atoms with E-state index in [4.69, 9.17) is 23.2 Å². The van der Waals surface area contributed by atoms with E-state index in [-0.39, 0.29) is 24.2 Å². The Hall–Kier alpha value is -1.26. The number of carbonyl (C=O) groups excluding carboxylic acids is 2. The van der Waals surface area contributed by atoms with E-state index in [9.17, 15) is 9.59 Å². The minimum absolute atomic E-state index is 0.0740. The molecule has 1 unspecified atom stereocenters. The van der Waals surface area contributed by atoms with E-state index in [1.807, 2.05) is 0 Å². The topological polar surface area (TPSA) is 49.4 Å². The number of halogens is 2. The first-order valence-electron chi connectivity index (χ1n) is 7.56. The molecule has 1 N–H and O–H groups in total. The fourth-order valence-electron chi connectivity index (χ4n) is 2.58. The summed E-state index contributed by atoms with van der Waals surface area (Å²) in [7, 11) is 0. The van der Waals surface area contributed by atoms with Gasteiger partial charge in [-0.2, -0.15) is 0 Å². The number of nitrogens with zero attached hydrogens (tertiary/aromatic N) is 1. The van der Waals surface area contributed by atoms with E-state index in [1.165, 1.54) is 4.90 Å². The molecule has 1 aliphatic heterocycles. The average Bonchev–Trinajstić information content (AvgIpc) is 2.85. The third-order valence-corrected chi connectivity index (χ3v) is 4.39. The first kappa shape index (κ1) is 17.1. The molecule has 0 aromatic heterocycles. The second-order valence-electron chi connectivity index (χ2n) is 5.47. The van der Waals surface area contributed by atoms with Crippen LogP contribution in [-0.2, 0) is 9.59 Å². The van der Waals surface area contributed by atoms with Crippen molar-refractivity contribution in [3.05, 3.63) is 28.2 Å². The predicted octanol–water partition coefficient (Wildman–Crippen LogP) is 3.65. The monoisotopic (exact) mass is 342 g/mol. The maximum absolute atomic E-state index is 12.2. The lowest BCUT2D eigenvalue weighted by Gasteiger charge is -2.19. The van der Waals surface area contributed by atoms with Crippen LogP contribution in [-0.4, -0.2) is 24.9 Å². The van der Waals surface area contributed by atoms with Crippen LogP contribution in [0.1, 0.15) is 32.6 Å². The molecule has 1 aliphatic rings. The Morgan fingerprint density at radius 3 is 2.64 bits per heavy atom. The van der Waals surface area contributed by atoms with Gasteiger partial charge >= 0.3 is 0 Å². The second kappa shape index (κ2) is 7.84. The van der Waals surface area contributed by atoms with Gasteiger partial charge in [0.1, 0.15) is 0 Å². The number of anilines is 1. The molecule has 1 aromatic rings. The van der Waals surface area contributed by atoms with Crippen LogP contribution in [0.4, 0.5) is 5.69 Å². The normalized spacial score (nSPS) is 17.9. The molecule has 0 bridgehead atoms. The first-order valence-corrected chi connectivity index (χ1v) is 8.32. The van der Waals surface area contributed by atoms with Crippen molar-refractivity contribution < 1.29 is 9.59 Å². The summed E-state index contributed by atoms with van der Waals surface area (Å²) in [6, 6.07) is 5.11. The van der Waals surface area contributed by atoms with Crippen molar-refractivity contribution in [1.29, 1.82) is 0 Å². The molecule has 1 atom stereocenters. The van der Waals surface area contributed by atoms with Gasteiger partial charge in [0.05, 0.1) is 21.7 Å². The highest BCUT2D eigenvalue weighted by molar-refractivity contribution is 6.40. The maximum Gasteiger partial charge on any atom is 0.227 e. The highest BCUT2D eigenvalue weighted by atomic mass is 35.5. The molecule has 2 amide bonds. The third kappa shape index (κ3) is 3.93. The number of rotatable bonds is 6. The lowest BCUT2D eigenvalue weighted by molar-refractivity contribution is -0.126. The molecule has 1 fully saturated rings. The van der Waals surface area contributed by atoms with Gasteiger partial charge < -0.3 is 10.2 Å². The average molecular weight is 343 g/mol. The summed E-state index contributed by atoms with van der Waals surface area (Å²) in [4.78, 5) is 25.9. The van der Waals surface area contributed by atoms with Crippen LogP contribution >= 0.6 is 23.2 Å². The Bertz CT molecular complexity index is 543. The quantitative estimate of drug-likeness (QED) is 0.802. The van der Waals surface area contributed by atoms with Gasteiger partial charge in [-0.05, 0) is 18.6 Å². The molecule has 0 radical (unpaired) electrons. The largest absolute Gasteiger partial charge is 0.356 e. The Balaban J connectivity index is 2.00. The highest BCUT2D eigenvalue weighted by Gasteiger charge is 2.36. The molecule has 0 aliphatic carbocycles. The summed E-state index contributed by atoms with van der Waals surface area (Å²) >= 11 is 12.3. The van der Waals surface area contributed by atoms with Crippen molar-refractivity contribution in [3.63, 3.8) is 0 Å². The van der Waals surface area contributed by atoms with Crippen LogP contribution in [0.25, 0.3) is 0 Å². The van der Waals surface area contributed by atoms with E-state index in [1.54, 1.807) is 18.2 Å². The van der Waals surface area contributed by atoms with Crippen molar-refractivity contribution in [1.82, 2.24) is 5.32 Å². The van der Waals surface area contributed by atoms with E-state index in [0.29, 0.717) is 28.8 Å². The van der Waals surface area contributed by atoms with Gasteiger partial charge in [0.15, 0.2) is 0 Å². The van der Waals surface area contributed by atoms with Gasteiger partial charge in [-0.25, -0.2) is 0 Å². The molecule has 0 saturated carbocycles. The minimum Gasteiger partial charge on any atom is -0.356 e. The molecule has 6 heteroatoms. The molecule has 22 heavy (non-hydrogen) atoms. The molecule has 1 aromatic carbocycles. The van der Waals surface area contributed by atoms with Crippen molar-refractivity contribution in [2.75, 3.05) is 18.0 Å². The summed E-state index contributed by atoms with van der Waals surface area (Å²) in [6.45, 7) is 3.09. The summed E-state index contributed by atoms with van der Waals surface area (Å²) in [5.41, 5.74) is 0.497. The van der Waals surface area contributed by atoms with Crippen molar-refractivity contribution in [3.8, 4) is 0 Å². The van der Waals surface area contributed by atoms with Gasteiger partial charge in [-0.3, -0.25) is 9.59 Å². The van der Waals surface area contributed by atoms with Gasteiger partial charge in [0.2, 0.25) is 11.8 Å². The Kier molecular flexibility index (Phi) is 6.09. The van der Waals surface area contributed by atoms with Crippen LogP contribution < -0.4 is 10.2 Å². The molecular formula is C16H20Cl2N2O2. The molecule has 4 nitrogen and oxygen atoms in total.